The molecule has 26 heavy (non-hydrogen) atoms. The number of carbonyl (C=O) groups is 1. The summed E-state index contributed by atoms with van der Waals surface area (Å²) in [5.41, 5.74) is 2.26. The Bertz CT molecular complexity index is 802. The molecule has 0 radical (unpaired) electrons. The molecule has 0 aliphatic heterocycles. The topological polar surface area (TPSA) is 58.9 Å². The summed E-state index contributed by atoms with van der Waals surface area (Å²) in [6.45, 7) is 0.936. The monoisotopic (exact) mass is 369 g/mol. The number of furan rings is 1. The third-order valence-corrected chi connectivity index (χ3v) is 4.45. The fourth-order valence-corrected chi connectivity index (χ4v) is 2.97. The van der Waals surface area contributed by atoms with Crippen LogP contribution in [0.2, 0.25) is 5.02 Å². The van der Waals surface area contributed by atoms with Gasteiger partial charge in [-0.25, -0.2) is 0 Å². The highest BCUT2D eigenvalue weighted by Gasteiger charge is 2.21. The third-order valence-electron chi connectivity index (χ3n) is 4.20. The van der Waals surface area contributed by atoms with Crippen LogP contribution in [-0.2, 0) is 11.2 Å². The second kappa shape index (κ2) is 9.22. The van der Waals surface area contributed by atoms with Crippen molar-refractivity contribution >= 4 is 17.5 Å². The quantitative estimate of drug-likeness (QED) is 0.641. The zero-order valence-corrected chi connectivity index (χ0v) is 15.2. The van der Waals surface area contributed by atoms with Gasteiger partial charge in [-0.05, 0) is 36.2 Å². The van der Waals surface area contributed by atoms with Gasteiger partial charge in [-0.2, -0.15) is 0 Å². The summed E-state index contributed by atoms with van der Waals surface area (Å²) in [4.78, 5) is 12.2. The molecule has 0 aliphatic rings. The predicted octanol–water partition coefficient (Wildman–Crippen LogP) is 2.94. The average Bonchev–Trinajstić information content (AvgIpc) is 3.19. The number of benzene rings is 2. The second-order valence-corrected chi connectivity index (χ2v) is 6.51. The number of quaternary nitrogens is 1. The van der Waals surface area contributed by atoms with Crippen molar-refractivity contribution in [2.75, 3.05) is 13.1 Å². The Hall–Kier alpha value is -2.56. The van der Waals surface area contributed by atoms with E-state index in [-0.39, 0.29) is 11.9 Å². The Morgan fingerprint density at radius 3 is 2.50 bits per heavy atom. The maximum atomic E-state index is 12.2. The Balaban J connectivity index is 1.50. The van der Waals surface area contributed by atoms with E-state index >= 15 is 0 Å². The van der Waals surface area contributed by atoms with Gasteiger partial charge in [0, 0.05) is 17.1 Å². The molecule has 3 rings (SSSR count). The molecule has 0 unspecified atom stereocenters. The summed E-state index contributed by atoms with van der Waals surface area (Å²) in [5.74, 6) is 0.844. The maximum absolute atomic E-state index is 12.2. The minimum atomic E-state index is -0.0341. The van der Waals surface area contributed by atoms with Gasteiger partial charge in [0.1, 0.15) is 0 Å². The summed E-state index contributed by atoms with van der Waals surface area (Å²) in [6, 6.07) is 21.5. The number of amides is 1. The normalized spacial score (nSPS) is 11.9. The fraction of sp³-hybridized carbons (Fsp3) is 0.190. The zero-order valence-electron chi connectivity index (χ0n) is 14.4. The summed E-state index contributed by atoms with van der Waals surface area (Å²) >= 11 is 5.88. The van der Waals surface area contributed by atoms with Gasteiger partial charge in [0.2, 0.25) is 0 Å². The Morgan fingerprint density at radius 1 is 1.04 bits per heavy atom. The van der Waals surface area contributed by atoms with Crippen molar-refractivity contribution in [3.05, 3.63) is 94.9 Å². The van der Waals surface area contributed by atoms with Crippen LogP contribution in [0, 0.1) is 0 Å². The van der Waals surface area contributed by atoms with Gasteiger partial charge in [0.25, 0.3) is 5.91 Å². The van der Waals surface area contributed by atoms with Crippen LogP contribution < -0.4 is 10.6 Å². The largest absolute Gasteiger partial charge is 0.463 e. The molecule has 1 amide bonds. The van der Waals surface area contributed by atoms with Crippen LogP contribution in [-0.4, -0.2) is 19.0 Å². The molecule has 4 nitrogen and oxygen atoms in total. The third kappa shape index (κ3) is 5.22. The van der Waals surface area contributed by atoms with Crippen molar-refractivity contribution in [3.63, 3.8) is 0 Å². The molecular formula is C21H22ClN2O2+. The van der Waals surface area contributed by atoms with Crippen LogP contribution in [0.15, 0.2) is 77.4 Å². The first-order chi connectivity index (χ1) is 12.7. The summed E-state index contributed by atoms with van der Waals surface area (Å²) < 4.78 is 5.56. The fourth-order valence-electron chi connectivity index (χ4n) is 2.84. The lowest BCUT2D eigenvalue weighted by molar-refractivity contribution is -0.678. The van der Waals surface area contributed by atoms with Crippen LogP contribution in [0.1, 0.15) is 22.9 Å². The van der Waals surface area contributed by atoms with Gasteiger partial charge in [0.05, 0.1) is 6.26 Å². The minimum Gasteiger partial charge on any atom is -0.463 e. The number of hydrogen-bond acceptors (Lipinski definition) is 2. The van der Waals surface area contributed by atoms with Crippen molar-refractivity contribution in [1.82, 2.24) is 5.32 Å². The molecule has 1 atom stereocenters. The van der Waals surface area contributed by atoms with E-state index in [1.54, 1.807) is 6.26 Å². The van der Waals surface area contributed by atoms with Gasteiger partial charge in [-0.1, -0.05) is 54.1 Å². The smallest absolute Gasteiger partial charge is 0.275 e. The zero-order chi connectivity index (χ0) is 18.2. The first-order valence-electron chi connectivity index (χ1n) is 8.65. The molecule has 0 bridgehead atoms. The first kappa shape index (κ1) is 18.2. The van der Waals surface area contributed by atoms with Gasteiger partial charge in [-0.15, -0.1) is 0 Å². The van der Waals surface area contributed by atoms with Crippen molar-refractivity contribution < 1.29 is 14.5 Å². The van der Waals surface area contributed by atoms with Crippen LogP contribution in [0.5, 0.6) is 0 Å². The number of nitrogens with two attached hydrogens (primary N) is 1. The summed E-state index contributed by atoms with van der Waals surface area (Å²) in [5, 5.41) is 5.68. The van der Waals surface area contributed by atoms with E-state index in [1.807, 2.05) is 72.0 Å². The van der Waals surface area contributed by atoms with E-state index < -0.39 is 0 Å². The van der Waals surface area contributed by atoms with E-state index in [1.165, 1.54) is 0 Å². The molecule has 2 aromatic carbocycles. The van der Waals surface area contributed by atoms with Gasteiger partial charge in [0.15, 0.2) is 18.3 Å². The van der Waals surface area contributed by atoms with Crippen molar-refractivity contribution in [1.29, 1.82) is 0 Å². The highest BCUT2D eigenvalue weighted by atomic mass is 35.5. The summed E-state index contributed by atoms with van der Waals surface area (Å²) in [7, 11) is 0. The highest BCUT2D eigenvalue weighted by molar-refractivity contribution is 6.30. The molecular weight excluding hydrogens is 348 g/mol. The van der Waals surface area contributed by atoms with Crippen molar-refractivity contribution in [2.45, 2.75) is 12.5 Å². The lowest BCUT2D eigenvalue weighted by atomic mass is 10.0. The van der Waals surface area contributed by atoms with E-state index in [2.05, 4.69) is 5.32 Å². The summed E-state index contributed by atoms with van der Waals surface area (Å²) in [6.07, 6.45) is 2.44. The number of carbonyl (C=O) groups excluding carboxylic acids is 1. The molecule has 3 aromatic rings. The molecule has 3 N–H and O–H groups in total. The number of nitrogens with one attached hydrogen (secondary N) is 1. The van der Waals surface area contributed by atoms with Gasteiger partial charge in [-0.3, -0.25) is 4.79 Å². The van der Waals surface area contributed by atoms with Crippen LogP contribution in [0.25, 0.3) is 0 Å². The first-order valence-corrected chi connectivity index (χ1v) is 9.03. The molecule has 0 aliphatic carbocycles. The van der Waals surface area contributed by atoms with Crippen LogP contribution >= 0.6 is 11.6 Å². The molecule has 134 valence electrons. The number of hydrogen-bond donors (Lipinski definition) is 2. The molecule has 0 saturated carbocycles. The lowest BCUT2D eigenvalue weighted by Crippen LogP contribution is -2.87. The lowest BCUT2D eigenvalue weighted by Gasteiger charge is -2.14. The standard InChI is InChI=1S/C21H21ClN2O2/c22-18-10-8-16(9-11-18)12-13-23-20(25)15-24-21(19-7-4-14-26-19)17-5-2-1-3-6-17/h1-11,14,21,24H,12-13,15H2,(H,23,25)/p+1/t21-/m1/s1. The van der Waals surface area contributed by atoms with Gasteiger partial charge >= 0.3 is 0 Å². The SMILES string of the molecule is O=C(C[NH2+][C@H](c1ccccc1)c1ccco1)NCCc1ccc(Cl)cc1. The average molecular weight is 370 g/mol. The molecule has 0 spiro atoms. The number of rotatable bonds is 8. The Morgan fingerprint density at radius 2 is 1.81 bits per heavy atom. The highest BCUT2D eigenvalue weighted by Crippen LogP contribution is 2.18. The Labute approximate surface area is 158 Å². The molecule has 5 heteroatoms. The minimum absolute atomic E-state index is 0.00597. The maximum Gasteiger partial charge on any atom is 0.275 e. The van der Waals surface area contributed by atoms with Crippen molar-refractivity contribution in [3.8, 4) is 0 Å². The molecule has 0 saturated heterocycles. The predicted molar refractivity (Wildman–Crippen MR) is 102 cm³/mol. The van der Waals surface area contributed by atoms with E-state index in [0.717, 1.165) is 28.3 Å². The molecule has 1 aromatic heterocycles. The molecule has 0 fully saturated rings. The van der Waals surface area contributed by atoms with Crippen LogP contribution in [0.3, 0.4) is 0 Å². The van der Waals surface area contributed by atoms with E-state index in [9.17, 15) is 4.79 Å². The second-order valence-electron chi connectivity index (χ2n) is 6.07. The van der Waals surface area contributed by atoms with Gasteiger partial charge < -0.3 is 15.1 Å². The van der Waals surface area contributed by atoms with E-state index in [4.69, 9.17) is 16.0 Å². The molecule has 1 heterocycles. The van der Waals surface area contributed by atoms with E-state index in [0.29, 0.717) is 13.1 Å². The van der Waals surface area contributed by atoms with Crippen LogP contribution in [0.4, 0.5) is 0 Å². The Kier molecular flexibility index (Phi) is 6.47. The number of halogens is 1. The van der Waals surface area contributed by atoms with Crippen molar-refractivity contribution in [2.24, 2.45) is 0 Å².